The molecule has 17 heavy (non-hydrogen) atoms. The molecule has 0 amide bonds. The van der Waals surface area contributed by atoms with Gasteiger partial charge in [-0.2, -0.15) is 5.10 Å². The van der Waals surface area contributed by atoms with Crippen molar-refractivity contribution in [3.63, 3.8) is 0 Å². The third-order valence-corrected chi connectivity index (χ3v) is 3.77. The van der Waals surface area contributed by atoms with E-state index in [-0.39, 0.29) is 0 Å². The molecule has 0 atom stereocenters. The van der Waals surface area contributed by atoms with Gasteiger partial charge in [0.25, 0.3) is 0 Å². The second kappa shape index (κ2) is 5.42. The highest BCUT2D eigenvalue weighted by Crippen LogP contribution is 2.15. The van der Waals surface area contributed by atoms with Crippen LogP contribution in [-0.4, -0.2) is 21.3 Å². The van der Waals surface area contributed by atoms with E-state index >= 15 is 0 Å². The minimum absolute atomic E-state index is 0.861. The molecule has 0 saturated carbocycles. The maximum atomic E-state index is 4.50. The third-order valence-electron chi connectivity index (χ3n) is 2.70. The normalized spacial score (nSPS) is 11.0. The molecule has 0 aromatic carbocycles. The lowest BCUT2D eigenvalue weighted by molar-refractivity contribution is 0.682. The van der Waals surface area contributed by atoms with Gasteiger partial charge in [-0.3, -0.25) is 4.68 Å². The fourth-order valence-electron chi connectivity index (χ4n) is 1.64. The van der Waals surface area contributed by atoms with Gasteiger partial charge in [-0.25, -0.2) is 4.98 Å². The Morgan fingerprint density at radius 2 is 2.24 bits per heavy atom. The molecule has 92 valence electrons. The highest BCUT2D eigenvalue weighted by atomic mass is 32.1. The highest BCUT2D eigenvalue weighted by Gasteiger charge is 2.02. The van der Waals surface area contributed by atoms with Gasteiger partial charge in [0.1, 0.15) is 5.01 Å². The van der Waals surface area contributed by atoms with Crippen LogP contribution < -0.4 is 5.32 Å². The van der Waals surface area contributed by atoms with Crippen molar-refractivity contribution in [2.24, 2.45) is 7.05 Å². The van der Waals surface area contributed by atoms with E-state index in [0.717, 1.165) is 25.2 Å². The van der Waals surface area contributed by atoms with Crippen molar-refractivity contribution in [1.82, 2.24) is 20.1 Å². The molecule has 1 N–H and O–H groups in total. The van der Waals surface area contributed by atoms with Crippen LogP contribution in [0.5, 0.6) is 0 Å². The summed E-state index contributed by atoms with van der Waals surface area (Å²) in [6.07, 6.45) is 4.98. The van der Waals surface area contributed by atoms with E-state index in [0.29, 0.717) is 0 Å². The topological polar surface area (TPSA) is 42.7 Å². The van der Waals surface area contributed by atoms with E-state index < -0.39 is 0 Å². The first-order chi connectivity index (χ1) is 8.15. The second-order valence-corrected chi connectivity index (χ2v) is 5.49. The molecule has 0 fully saturated rings. The molecule has 5 heteroatoms. The lowest BCUT2D eigenvalue weighted by Crippen LogP contribution is -2.16. The molecule has 0 spiro atoms. The monoisotopic (exact) mass is 250 g/mol. The van der Waals surface area contributed by atoms with Crippen molar-refractivity contribution in [3.05, 3.63) is 33.5 Å². The van der Waals surface area contributed by atoms with Gasteiger partial charge in [0.2, 0.25) is 0 Å². The largest absolute Gasteiger partial charge is 0.310 e. The molecule has 2 aromatic heterocycles. The third kappa shape index (κ3) is 3.38. The summed E-state index contributed by atoms with van der Waals surface area (Å²) in [6, 6.07) is 0. The maximum Gasteiger partial charge on any atom is 0.107 e. The van der Waals surface area contributed by atoms with Gasteiger partial charge in [-0.15, -0.1) is 11.3 Å². The number of aromatic nitrogens is 3. The van der Waals surface area contributed by atoms with Crippen molar-refractivity contribution >= 4 is 11.3 Å². The van der Waals surface area contributed by atoms with E-state index in [1.807, 2.05) is 17.9 Å². The zero-order chi connectivity index (χ0) is 12.3. The molecule has 0 aliphatic carbocycles. The molecule has 0 unspecified atom stereocenters. The van der Waals surface area contributed by atoms with Gasteiger partial charge in [-0.05, 0) is 32.4 Å². The minimum atomic E-state index is 0.861. The van der Waals surface area contributed by atoms with Crippen LogP contribution in [0.25, 0.3) is 0 Å². The quantitative estimate of drug-likeness (QED) is 0.823. The highest BCUT2D eigenvalue weighted by molar-refractivity contribution is 7.11. The lowest BCUT2D eigenvalue weighted by Gasteiger charge is -2.00. The smallest absolute Gasteiger partial charge is 0.107 e. The number of nitrogens with zero attached hydrogens (tertiary/aromatic N) is 3. The van der Waals surface area contributed by atoms with Crippen LogP contribution in [0, 0.1) is 13.8 Å². The molecule has 2 aromatic rings. The van der Waals surface area contributed by atoms with Crippen molar-refractivity contribution < 1.29 is 0 Å². The first-order valence-corrected chi connectivity index (χ1v) is 6.58. The van der Waals surface area contributed by atoms with Crippen LogP contribution in [0.1, 0.15) is 21.1 Å². The predicted octanol–water partition coefficient (Wildman–Crippen LogP) is 1.83. The Morgan fingerprint density at radius 3 is 2.82 bits per heavy atom. The Kier molecular flexibility index (Phi) is 3.91. The van der Waals surface area contributed by atoms with Gasteiger partial charge >= 0.3 is 0 Å². The first-order valence-electron chi connectivity index (χ1n) is 5.76. The number of nitrogens with one attached hydrogen (secondary N) is 1. The zero-order valence-electron chi connectivity index (χ0n) is 10.5. The molecule has 0 bridgehead atoms. The number of hydrogen-bond donors (Lipinski definition) is 1. The van der Waals surface area contributed by atoms with E-state index in [1.54, 1.807) is 11.3 Å². The summed E-state index contributed by atoms with van der Waals surface area (Å²) < 4.78 is 1.84. The summed E-state index contributed by atoms with van der Waals surface area (Å²) in [5, 5.41) is 8.73. The van der Waals surface area contributed by atoms with Crippen molar-refractivity contribution in [3.8, 4) is 0 Å². The second-order valence-electron chi connectivity index (χ2n) is 4.20. The van der Waals surface area contributed by atoms with Crippen LogP contribution in [-0.2, 0) is 20.0 Å². The summed E-state index contributed by atoms with van der Waals surface area (Å²) in [6.45, 7) is 6.00. The van der Waals surface area contributed by atoms with Crippen LogP contribution >= 0.6 is 11.3 Å². The molecule has 2 rings (SSSR count). The van der Waals surface area contributed by atoms with Gasteiger partial charge in [0.05, 0.1) is 11.9 Å². The molecular weight excluding hydrogens is 232 g/mol. The Labute approximate surface area is 106 Å². The lowest BCUT2D eigenvalue weighted by atomic mass is 10.2. The molecule has 2 heterocycles. The molecule has 0 aliphatic heterocycles. The van der Waals surface area contributed by atoms with E-state index in [4.69, 9.17) is 0 Å². The summed E-state index contributed by atoms with van der Waals surface area (Å²) >= 11 is 1.77. The average molecular weight is 250 g/mol. The van der Waals surface area contributed by atoms with Crippen molar-refractivity contribution in [2.75, 3.05) is 6.54 Å². The number of rotatable bonds is 5. The van der Waals surface area contributed by atoms with Gasteiger partial charge in [-0.1, -0.05) is 0 Å². The predicted molar refractivity (Wildman–Crippen MR) is 70.2 cm³/mol. The van der Waals surface area contributed by atoms with E-state index in [1.165, 1.54) is 15.4 Å². The van der Waals surface area contributed by atoms with Crippen molar-refractivity contribution in [2.45, 2.75) is 26.8 Å². The molecule has 0 saturated heterocycles. The summed E-state index contributed by atoms with van der Waals surface area (Å²) in [4.78, 5) is 5.81. The standard InChI is InChI=1S/C12H18N4S/c1-9-10(2)17-12(15-9)7-13-5-4-11-6-14-16(3)8-11/h6,8,13H,4-5,7H2,1-3H3. The molecular formula is C12H18N4S. The Balaban J connectivity index is 1.73. The minimum Gasteiger partial charge on any atom is -0.310 e. The molecule has 0 aliphatic rings. The van der Waals surface area contributed by atoms with Gasteiger partial charge in [0.15, 0.2) is 0 Å². The molecule has 0 radical (unpaired) electrons. The van der Waals surface area contributed by atoms with Crippen molar-refractivity contribution in [1.29, 1.82) is 0 Å². The Morgan fingerprint density at radius 1 is 1.41 bits per heavy atom. The number of thiazole rings is 1. The first kappa shape index (κ1) is 12.3. The summed E-state index contributed by atoms with van der Waals surface area (Å²) in [7, 11) is 1.94. The van der Waals surface area contributed by atoms with Crippen LogP contribution in [0.15, 0.2) is 12.4 Å². The van der Waals surface area contributed by atoms with Crippen LogP contribution in [0.3, 0.4) is 0 Å². The molecule has 4 nitrogen and oxygen atoms in total. The van der Waals surface area contributed by atoms with Gasteiger partial charge < -0.3 is 5.32 Å². The number of hydrogen-bond acceptors (Lipinski definition) is 4. The summed E-state index contributed by atoms with van der Waals surface area (Å²) in [5.74, 6) is 0. The zero-order valence-corrected chi connectivity index (χ0v) is 11.3. The summed E-state index contributed by atoms with van der Waals surface area (Å²) in [5.41, 5.74) is 2.42. The van der Waals surface area contributed by atoms with Gasteiger partial charge in [0, 0.05) is 24.7 Å². The number of aryl methyl sites for hydroxylation is 3. The fourth-order valence-corrected chi connectivity index (χ4v) is 2.55. The van der Waals surface area contributed by atoms with E-state index in [9.17, 15) is 0 Å². The maximum absolute atomic E-state index is 4.50. The van der Waals surface area contributed by atoms with Crippen LogP contribution in [0.4, 0.5) is 0 Å². The van der Waals surface area contributed by atoms with Crippen LogP contribution in [0.2, 0.25) is 0 Å². The average Bonchev–Trinajstić information content (AvgIpc) is 2.82. The Bertz CT molecular complexity index is 467. The van der Waals surface area contributed by atoms with E-state index in [2.05, 4.69) is 35.4 Å². The Hall–Kier alpha value is -1.20. The fraction of sp³-hybridized carbons (Fsp3) is 0.500. The SMILES string of the molecule is Cc1nc(CNCCc2cnn(C)c2)sc1C.